The van der Waals surface area contributed by atoms with Gasteiger partial charge in [-0.15, -0.1) is 0 Å². The number of ether oxygens (including phenoxy) is 2. The number of hydrogen-bond donors (Lipinski definition) is 2. The van der Waals surface area contributed by atoms with Crippen LogP contribution in [0.3, 0.4) is 0 Å². The molecule has 9 nitrogen and oxygen atoms in total. The van der Waals surface area contributed by atoms with Crippen molar-refractivity contribution in [2.45, 2.75) is 328 Å². The molecule has 0 saturated heterocycles. The van der Waals surface area contributed by atoms with E-state index in [0.29, 0.717) is 6.42 Å². The van der Waals surface area contributed by atoms with Crippen LogP contribution >= 0.6 is 7.82 Å². The highest BCUT2D eigenvalue weighted by Gasteiger charge is 2.26. The number of allylic oxidation sites excluding steroid dienone is 20. The van der Waals surface area contributed by atoms with Gasteiger partial charge in [0.05, 0.1) is 13.2 Å². The van der Waals surface area contributed by atoms with Gasteiger partial charge in [-0.3, -0.25) is 18.6 Å². The van der Waals surface area contributed by atoms with E-state index in [0.717, 1.165) is 103 Å². The third-order valence-corrected chi connectivity index (χ3v) is 16.3. The highest BCUT2D eigenvalue weighted by molar-refractivity contribution is 7.47. The minimum absolute atomic E-state index is 0.0469. The van der Waals surface area contributed by atoms with Crippen LogP contribution in [-0.2, 0) is 32.7 Å². The number of esters is 2. The van der Waals surface area contributed by atoms with Crippen molar-refractivity contribution in [3.05, 3.63) is 122 Å². The van der Waals surface area contributed by atoms with Crippen LogP contribution in [0.15, 0.2) is 122 Å². The smallest absolute Gasteiger partial charge is 0.462 e. The van der Waals surface area contributed by atoms with Crippen molar-refractivity contribution in [1.29, 1.82) is 0 Å². The Bertz CT molecular complexity index is 1840. The predicted octanol–water partition coefficient (Wildman–Crippen LogP) is 23.9. The number of carbonyl (C=O) groups excluding carboxylic acids is 2. The molecular weight excluding hydrogens is 1100 g/mol. The van der Waals surface area contributed by atoms with E-state index >= 15 is 0 Å². The Morgan fingerprint density at radius 2 is 0.632 bits per heavy atom. The van der Waals surface area contributed by atoms with E-state index in [9.17, 15) is 19.0 Å². The fourth-order valence-electron chi connectivity index (χ4n) is 10.0. The average Bonchev–Trinajstić information content (AvgIpc) is 3.64. The normalized spacial score (nSPS) is 13.7. The van der Waals surface area contributed by atoms with Crippen LogP contribution in [0.2, 0.25) is 0 Å². The lowest BCUT2D eigenvalue weighted by Gasteiger charge is -2.19. The molecule has 0 spiro atoms. The van der Waals surface area contributed by atoms with Crippen LogP contribution in [0.4, 0.5) is 0 Å². The molecule has 87 heavy (non-hydrogen) atoms. The van der Waals surface area contributed by atoms with Crippen molar-refractivity contribution in [3.8, 4) is 0 Å². The van der Waals surface area contributed by atoms with Gasteiger partial charge in [0.1, 0.15) is 6.61 Å². The molecule has 0 aromatic rings. The molecule has 500 valence electrons. The standard InChI is InChI=1S/C77H134NO8P/c1-3-5-7-9-11-13-15-17-19-21-23-25-27-29-31-33-35-36-37-38-40-42-44-46-48-50-52-54-56-58-60-62-64-66-68-70-77(80)86-75(74-85-87(81,82)84-72-71-78)73-83-76(79)69-67-65-63-61-59-57-55-53-51-49-47-45-43-41-39-34-32-30-28-26-24-22-20-18-16-14-12-10-8-6-4-2/h5,7,11,13,17,19,22-25,29,31,35-36,38,40,44,46,50,52,75H,3-4,6,8-10,12,14-16,18,20-21,26-28,30,32-34,37,39,41-43,45,47-49,51,53-74,78H2,1-2H3,(H,81,82)/b7-5-,13-11-,19-17-,24-22-,25-23-,31-29-,36-35-,40-38-,46-44-,52-50-. The summed E-state index contributed by atoms with van der Waals surface area (Å²) in [7, 11) is -4.40. The number of phosphoric acid groups is 1. The third-order valence-electron chi connectivity index (χ3n) is 15.3. The summed E-state index contributed by atoms with van der Waals surface area (Å²) in [4.78, 5) is 35.4. The van der Waals surface area contributed by atoms with Crippen molar-refractivity contribution < 1.29 is 37.6 Å². The number of unbranched alkanes of at least 4 members (excludes halogenated alkanes) is 34. The van der Waals surface area contributed by atoms with Crippen molar-refractivity contribution >= 4 is 19.8 Å². The summed E-state index contributed by atoms with van der Waals surface area (Å²) >= 11 is 0. The fourth-order valence-corrected chi connectivity index (χ4v) is 10.8. The summed E-state index contributed by atoms with van der Waals surface area (Å²) in [5.41, 5.74) is 5.40. The second-order valence-corrected chi connectivity index (χ2v) is 25.2. The van der Waals surface area contributed by atoms with Crippen molar-refractivity contribution in [2.75, 3.05) is 26.4 Å². The summed E-state index contributed by atoms with van der Waals surface area (Å²) < 4.78 is 33.2. The van der Waals surface area contributed by atoms with E-state index in [1.165, 1.54) is 186 Å². The Hall–Kier alpha value is -3.59. The second-order valence-electron chi connectivity index (χ2n) is 23.7. The zero-order valence-electron chi connectivity index (χ0n) is 56.2. The molecule has 0 fully saturated rings. The summed E-state index contributed by atoms with van der Waals surface area (Å²) in [6, 6.07) is 0. The van der Waals surface area contributed by atoms with Crippen LogP contribution in [0.5, 0.6) is 0 Å². The molecule has 0 rings (SSSR count). The van der Waals surface area contributed by atoms with Gasteiger partial charge < -0.3 is 20.1 Å². The van der Waals surface area contributed by atoms with Crippen molar-refractivity contribution in [1.82, 2.24) is 0 Å². The number of phosphoric ester groups is 1. The Balaban J connectivity index is 3.93. The summed E-state index contributed by atoms with van der Waals surface area (Å²) in [5, 5.41) is 0. The van der Waals surface area contributed by atoms with Crippen LogP contribution in [0.1, 0.15) is 322 Å². The van der Waals surface area contributed by atoms with Crippen LogP contribution in [0, 0.1) is 0 Å². The monoisotopic (exact) mass is 1230 g/mol. The highest BCUT2D eigenvalue weighted by Crippen LogP contribution is 2.43. The topological polar surface area (TPSA) is 134 Å². The van der Waals surface area contributed by atoms with E-state index in [2.05, 4.69) is 135 Å². The van der Waals surface area contributed by atoms with Gasteiger partial charge in [0.15, 0.2) is 6.10 Å². The number of carbonyl (C=O) groups is 2. The highest BCUT2D eigenvalue weighted by atomic mass is 31.2. The molecule has 0 aromatic heterocycles. The SMILES string of the molecule is CC/C=C\C/C=C\C/C=C\C/C=C\C/C=C\C/C=C\C/C=C\C/C=C\C/C=C\CCCCCCCCCC(=O)OC(COC(=O)CCCCCCCCCCCCCCCCCCCCC/C=C\CCCCCCCCCC)COP(=O)(O)OCCN. The molecule has 10 heteroatoms. The van der Waals surface area contributed by atoms with Gasteiger partial charge in [0, 0.05) is 19.4 Å². The number of hydrogen-bond acceptors (Lipinski definition) is 8. The molecular formula is C77H134NO8P. The van der Waals surface area contributed by atoms with Gasteiger partial charge in [-0.05, 0) is 109 Å². The van der Waals surface area contributed by atoms with Crippen LogP contribution in [0.25, 0.3) is 0 Å². The van der Waals surface area contributed by atoms with E-state index in [1.54, 1.807) is 0 Å². The first-order valence-corrected chi connectivity index (χ1v) is 37.5. The number of rotatable bonds is 67. The minimum atomic E-state index is -4.40. The molecule has 0 heterocycles. The molecule has 2 unspecified atom stereocenters. The van der Waals surface area contributed by atoms with E-state index in [1.807, 2.05) is 0 Å². The molecule has 2 atom stereocenters. The average molecular weight is 1230 g/mol. The fraction of sp³-hybridized carbons (Fsp3) is 0.714. The van der Waals surface area contributed by atoms with Gasteiger partial charge >= 0.3 is 19.8 Å². The maximum atomic E-state index is 12.8. The van der Waals surface area contributed by atoms with E-state index in [4.69, 9.17) is 24.3 Å². The second kappa shape index (κ2) is 71.5. The zero-order valence-corrected chi connectivity index (χ0v) is 57.1. The number of nitrogens with two attached hydrogens (primary N) is 1. The quantitative estimate of drug-likeness (QED) is 0.0264. The largest absolute Gasteiger partial charge is 0.472 e. The maximum Gasteiger partial charge on any atom is 0.472 e. The first kappa shape index (κ1) is 83.4. The zero-order chi connectivity index (χ0) is 63.0. The molecule has 0 aliphatic carbocycles. The van der Waals surface area contributed by atoms with Crippen LogP contribution < -0.4 is 5.73 Å². The molecule has 0 aliphatic heterocycles. The summed E-state index contributed by atoms with van der Waals surface area (Å²) in [5.74, 6) is -0.836. The van der Waals surface area contributed by atoms with E-state index < -0.39 is 26.5 Å². The maximum absolute atomic E-state index is 12.8. The summed E-state index contributed by atoms with van der Waals surface area (Å²) in [6.07, 6.45) is 100. The molecule has 0 radical (unpaired) electrons. The van der Waals surface area contributed by atoms with Gasteiger partial charge in [0.25, 0.3) is 0 Å². The lowest BCUT2D eigenvalue weighted by molar-refractivity contribution is -0.161. The van der Waals surface area contributed by atoms with Crippen LogP contribution in [-0.4, -0.2) is 49.3 Å². The van der Waals surface area contributed by atoms with E-state index in [-0.39, 0.29) is 38.6 Å². The molecule has 0 amide bonds. The van der Waals surface area contributed by atoms with Crippen molar-refractivity contribution in [3.63, 3.8) is 0 Å². The van der Waals surface area contributed by atoms with Gasteiger partial charge in [-0.25, -0.2) is 4.57 Å². The summed E-state index contributed by atoms with van der Waals surface area (Å²) in [6.45, 7) is 3.64. The first-order valence-electron chi connectivity index (χ1n) is 36.0. The Morgan fingerprint density at radius 3 is 0.954 bits per heavy atom. The Morgan fingerprint density at radius 1 is 0.356 bits per heavy atom. The molecule has 0 aromatic carbocycles. The predicted molar refractivity (Wildman–Crippen MR) is 376 cm³/mol. The van der Waals surface area contributed by atoms with Crippen molar-refractivity contribution in [2.24, 2.45) is 5.73 Å². The lowest BCUT2D eigenvalue weighted by atomic mass is 10.0. The third kappa shape index (κ3) is 71.4. The first-order chi connectivity index (χ1) is 42.8. The van der Waals surface area contributed by atoms with Gasteiger partial charge in [0.2, 0.25) is 0 Å². The van der Waals surface area contributed by atoms with Gasteiger partial charge in [-0.2, -0.15) is 0 Å². The Kier molecular flexibility index (Phi) is 68.5. The lowest BCUT2D eigenvalue weighted by Crippen LogP contribution is -2.29. The molecule has 0 saturated carbocycles. The molecule has 0 aliphatic rings. The molecule has 3 N–H and O–H groups in total. The molecule has 0 bridgehead atoms. The van der Waals surface area contributed by atoms with Gasteiger partial charge in [-0.1, -0.05) is 322 Å². The minimum Gasteiger partial charge on any atom is -0.462 e. The Labute approximate surface area is 536 Å².